The van der Waals surface area contributed by atoms with Gasteiger partial charge >= 0.3 is 0 Å². The van der Waals surface area contributed by atoms with Gasteiger partial charge in [-0.25, -0.2) is 0 Å². The Hall–Kier alpha value is -1.80. The van der Waals surface area contributed by atoms with E-state index in [9.17, 15) is 5.11 Å². The molecule has 30 heavy (non-hydrogen) atoms. The SMILES string of the molecule is [2H]C([2H])([2H])C([2H])(N(CC[C@@H](c1cc(C(C)C)c(C)cc1O)c1cccc(C)c1C)C([2H])(C([2H])([2H])[2H])C([2H])([2H])C)C([2H])([2H])[2H]. The quantitative estimate of drug-likeness (QED) is 0.453. The first-order chi connectivity index (χ1) is 19.1. The van der Waals surface area contributed by atoms with Gasteiger partial charge < -0.3 is 5.11 Å². The van der Waals surface area contributed by atoms with Crippen molar-refractivity contribution in [3.63, 3.8) is 0 Å². The minimum atomic E-state index is -3.68. The average Bonchev–Trinajstić information content (AvgIpc) is 2.80. The number of phenolic OH excluding ortho intramolecular Hbond substituents is 1. The molecule has 0 spiro atoms. The number of benzene rings is 2. The number of phenols is 1. The van der Waals surface area contributed by atoms with E-state index in [0.29, 0.717) is 11.1 Å². The van der Waals surface area contributed by atoms with Crippen molar-refractivity contribution in [3.05, 3.63) is 63.7 Å². The van der Waals surface area contributed by atoms with Crippen LogP contribution in [0, 0.1) is 20.8 Å². The maximum atomic E-state index is 11.2. The molecule has 0 saturated heterocycles. The molecule has 2 aromatic carbocycles. The van der Waals surface area contributed by atoms with E-state index in [2.05, 4.69) is 0 Å². The third-order valence-corrected chi connectivity index (χ3v) is 5.85. The van der Waals surface area contributed by atoms with Gasteiger partial charge in [-0.15, -0.1) is 0 Å². The highest BCUT2D eigenvalue weighted by atomic mass is 16.3. The molecule has 0 amide bonds. The molecule has 0 aromatic heterocycles. The van der Waals surface area contributed by atoms with E-state index in [1.54, 1.807) is 18.2 Å². The predicted octanol–water partition coefficient (Wildman–Crippen LogP) is 7.47. The Morgan fingerprint density at radius 1 is 1.03 bits per heavy atom. The third kappa shape index (κ3) is 5.46. The van der Waals surface area contributed by atoms with Crippen LogP contribution in [0.1, 0.15) is 117 Å². The van der Waals surface area contributed by atoms with Crippen LogP contribution in [-0.4, -0.2) is 28.6 Å². The molecule has 2 nitrogen and oxygen atoms in total. The topological polar surface area (TPSA) is 23.5 Å². The summed E-state index contributed by atoms with van der Waals surface area (Å²) >= 11 is 0. The fourth-order valence-corrected chi connectivity index (χ4v) is 3.99. The van der Waals surface area contributed by atoms with Gasteiger partial charge in [0.15, 0.2) is 0 Å². The maximum Gasteiger partial charge on any atom is 0.119 e. The van der Waals surface area contributed by atoms with Crippen molar-refractivity contribution < 1.29 is 22.9 Å². The van der Waals surface area contributed by atoms with Gasteiger partial charge in [0.05, 0.1) is 0 Å². The highest BCUT2D eigenvalue weighted by molar-refractivity contribution is 5.50. The average molecular weight is 423 g/mol. The van der Waals surface area contributed by atoms with Crippen LogP contribution < -0.4 is 0 Å². The highest BCUT2D eigenvalue weighted by Gasteiger charge is 2.24. The van der Waals surface area contributed by atoms with Gasteiger partial charge in [0.2, 0.25) is 0 Å². The van der Waals surface area contributed by atoms with Crippen molar-refractivity contribution in [2.75, 3.05) is 6.54 Å². The van der Waals surface area contributed by atoms with Crippen LogP contribution in [0.5, 0.6) is 5.75 Å². The standard InChI is InChI=1S/C28H43NO/c1-10-22(8)29(19(4)5)15-14-25(24-13-11-12-20(6)23(24)9)27-17-26(18(2)3)21(7)16-28(27)30/h11-13,16-19,22,25,30H,10,14-15H2,1-9H3/t22?,25-/m1/s1/i4D3,5D3,8D3,10D2,19D,22D. The molecule has 0 bridgehead atoms. The molecular formula is C28H43NO. The number of aryl methyl sites for hydroxylation is 2. The van der Waals surface area contributed by atoms with Crippen LogP contribution in [0.4, 0.5) is 0 Å². The van der Waals surface area contributed by atoms with E-state index >= 15 is 0 Å². The second kappa shape index (κ2) is 10.5. The van der Waals surface area contributed by atoms with E-state index in [1.165, 1.54) is 0 Å². The van der Waals surface area contributed by atoms with Gasteiger partial charge in [-0.1, -0.05) is 45.0 Å². The molecule has 0 aliphatic heterocycles. The molecule has 2 rings (SSSR count). The van der Waals surface area contributed by atoms with E-state index < -0.39 is 51.4 Å². The number of hydrogen-bond acceptors (Lipinski definition) is 2. The van der Waals surface area contributed by atoms with Crippen molar-refractivity contribution in [1.82, 2.24) is 4.90 Å². The lowest BCUT2D eigenvalue weighted by atomic mass is 9.82. The molecule has 1 N–H and O–H groups in total. The summed E-state index contributed by atoms with van der Waals surface area (Å²) in [6.07, 6.45) is -3.25. The molecule has 1 unspecified atom stereocenters. The summed E-state index contributed by atoms with van der Waals surface area (Å²) < 4.78 is 108. The molecule has 166 valence electrons. The summed E-state index contributed by atoms with van der Waals surface area (Å²) in [6, 6.07) is 1.73. The summed E-state index contributed by atoms with van der Waals surface area (Å²) in [5.41, 5.74) is 4.59. The van der Waals surface area contributed by atoms with E-state index in [1.807, 2.05) is 46.8 Å². The van der Waals surface area contributed by atoms with Gasteiger partial charge in [-0.3, -0.25) is 4.90 Å². The molecule has 2 heteroatoms. The predicted molar refractivity (Wildman–Crippen MR) is 131 cm³/mol. The van der Waals surface area contributed by atoms with Gasteiger partial charge in [0, 0.05) is 41.3 Å². The Morgan fingerprint density at radius 2 is 1.77 bits per heavy atom. The summed E-state index contributed by atoms with van der Waals surface area (Å²) in [7, 11) is 0. The second-order valence-electron chi connectivity index (χ2n) is 8.15. The van der Waals surface area contributed by atoms with Gasteiger partial charge in [-0.05, 0) is 100 Å². The molecule has 0 aliphatic rings. The lowest BCUT2D eigenvalue weighted by Gasteiger charge is -2.34. The monoisotopic (exact) mass is 422 g/mol. The Kier molecular flexibility index (Phi) is 4.09. The summed E-state index contributed by atoms with van der Waals surface area (Å²) in [5.74, 6) is -0.783. The normalized spacial score (nSPS) is 23.5. The zero-order valence-electron chi connectivity index (χ0n) is 31.9. The lowest BCUT2D eigenvalue weighted by Crippen LogP contribution is -2.39. The minimum Gasteiger partial charge on any atom is -0.508 e. The fraction of sp³-hybridized carbons (Fsp3) is 0.571. The molecule has 0 fully saturated rings. The largest absolute Gasteiger partial charge is 0.508 e. The van der Waals surface area contributed by atoms with Crippen LogP contribution in [0.25, 0.3) is 0 Å². The number of aromatic hydroxyl groups is 1. The van der Waals surface area contributed by atoms with Crippen LogP contribution in [-0.2, 0) is 0 Å². The van der Waals surface area contributed by atoms with Crippen molar-refractivity contribution in [2.45, 2.75) is 98.8 Å². The first-order valence-electron chi connectivity index (χ1n) is 16.8. The van der Waals surface area contributed by atoms with E-state index in [-0.39, 0.29) is 23.0 Å². The molecular weight excluding hydrogens is 366 g/mol. The van der Waals surface area contributed by atoms with Crippen molar-refractivity contribution >= 4 is 0 Å². The zero-order valence-corrected chi connectivity index (χ0v) is 18.9. The number of nitrogens with zero attached hydrogens (tertiary/aromatic N) is 1. The maximum absolute atomic E-state index is 11.2. The van der Waals surface area contributed by atoms with Gasteiger partial charge in [0.1, 0.15) is 5.75 Å². The van der Waals surface area contributed by atoms with Gasteiger partial charge in [-0.2, -0.15) is 0 Å². The molecule has 2 aromatic rings. The first-order valence-corrected chi connectivity index (χ1v) is 10.3. The summed E-state index contributed by atoms with van der Waals surface area (Å²) in [4.78, 5) is 0.194. The Balaban J connectivity index is 2.98. The van der Waals surface area contributed by atoms with Crippen molar-refractivity contribution in [3.8, 4) is 5.75 Å². The van der Waals surface area contributed by atoms with Crippen LogP contribution in [0.2, 0.25) is 0 Å². The Labute approximate surface area is 203 Å². The Morgan fingerprint density at radius 3 is 2.37 bits per heavy atom. The molecule has 2 atom stereocenters. The first kappa shape index (κ1) is 11.7. The van der Waals surface area contributed by atoms with Gasteiger partial charge in [0.25, 0.3) is 0 Å². The van der Waals surface area contributed by atoms with E-state index in [4.69, 9.17) is 17.8 Å². The second-order valence-corrected chi connectivity index (χ2v) is 8.15. The number of hydrogen-bond donors (Lipinski definition) is 1. The van der Waals surface area contributed by atoms with Crippen LogP contribution >= 0.6 is 0 Å². The van der Waals surface area contributed by atoms with Crippen LogP contribution in [0.15, 0.2) is 30.3 Å². The van der Waals surface area contributed by atoms with Crippen molar-refractivity contribution in [1.29, 1.82) is 0 Å². The molecule has 0 heterocycles. The zero-order chi connectivity index (χ0) is 33.7. The van der Waals surface area contributed by atoms with E-state index in [0.717, 1.165) is 29.2 Å². The fourth-order valence-electron chi connectivity index (χ4n) is 3.99. The lowest BCUT2D eigenvalue weighted by molar-refractivity contribution is 0.156. The smallest absolute Gasteiger partial charge is 0.119 e. The summed E-state index contributed by atoms with van der Waals surface area (Å²) in [5, 5.41) is 11.2. The minimum absolute atomic E-state index is 0.0610. The summed E-state index contributed by atoms with van der Waals surface area (Å²) in [6.45, 7) is -1.39. The molecule has 0 aliphatic carbocycles. The third-order valence-electron chi connectivity index (χ3n) is 5.85. The van der Waals surface area contributed by atoms with Crippen molar-refractivity contribution in [2.24, 2.45) is 0 Å². The molecule has 0 radical (unpaired) electrons. The molecule has 0 saturated carbocycles. The highest BCUT2D eigenvalue weighted by Crippen LogP contribution is 2.39. The van der Waals surface area contributed by atoms with Crippen LogP contribution in [0.3, 0.4) is 0 Å². The number of rotatable bonds is 9. The Bertz CT molecular complexity index is 1220.